The van der Waals surface area contributed by atoms with Crippen molar-refractivity contribution in [3.63, 3.8) is 0 Å². The minimum Gasteiger partial charge on any atom is -0.357 e. The van der Waals surface area contributed by atoms with Crippen LogP contribution in [0, 0.1) is 28.6 Å². The van der Waals surface area contributed by atoms with E-state index >= 15 is 0 Å². The highest BCUT2D eigenvalue weighted by Gasteiger charge is 2.49. The van der Waals surface area contributed by atoms with Gasteiger partial charge in [0.25, 0.3) is 0 Å². The van der Waals surface area contributed by atoms with E-state index in [1.165, 1.54) is 6.42 Å². The van der Waals surface area contributed by atoms with Crippen molar-refractivity contribution < 1.29 is 4.74 Å². The van der Waals surface area contributed by atoms with Crippen molar-refractivity contribution >= 4 is 0 Å². The smallest absolute Gasteiger partial charge is 0.175 e. The Morgan fingerprint density at radius 3 is 2.67 bits per heavy atom. The molecule has 2 aliphatic rings. The number of hydrogen-bond acceptors (Lipinski definition) is 4. The van der Waals surface area contributed by atoms with Gasteiger partial charge in [0, 0.05) is 13.1 Å². The molecule has 0 amide bonds. The van der Waals surface area contributed by atoms with Gasteiger partial charge in [-0.15, -0.1) is 0 Å². The van der Waals surface area contributed by atoms with Crippen molar-refractivity contribution in [1.82, 2.24) is 4.90 Å². The Morgan fingerprint density at radius 1 is 1.13 bits per heavy atom. The molecule has 0 saturated carbocycles. The first-order valence-corrected chi connectivity index (χ1v) is 5.52. The van der Waals surface area contributed by atoms with Crippen LogP contribution in [0.15, 0.2) is 0 Å². The Morgan fingerprint density at radius 2 is 1.93 bits per heavy atom. The lowest BCUT2D eigenvalue weighted by Crippen LogP contribution is -2.49. The highest BCUT2D eigenvalue weighted by Crippen LogP contribution is 2.38. The minimum atomic E-state index is -0.655. The van der Waals surface area contributed by atoms with E-state index in [1.54, 1.807) is 0 Å². The molecule has 2 heterocycles. The third kappa shape index (κ3) is 1.61. The van der Waals surface area contributed by atoms with Crippen LogP contribution in [-0.4, -0.2) is 30.3 Å². The Bertz CT molecular complexity index is 303. The Hall–Kier alpha value is -1.10. The monoisotopic (exact) mass is 205 g/mol. The van der Waals surface area contributed by atoms with Crippen LogP contribution in [0.2, 0.25) is 0 Å². The fourth-order valence-electron chi connectivity index (χ4n) is 2.64. The number of hydrogen-bond donors (Lipinski definition) is 0. The van der Waals surface area contributed by atoms with Crippen molar-refractivity contribution in [2.75, 3.05) is 19.7 Å². The number of ether oxygens (including phenoxy) is 1. The van der Waals surface area contributed by atoms with E-state index in [0.717, 1.165) is 32.4 Å². The first-order valence-electron chi connectivity index (χ1n) is 5.52. The van der Waals surface area contributed by atoms with E-state index in [-0.39, 0.29) is 0 Å². The lowest BCUT2D eigenvalue weighted by molar-refractivity contribution is -0.0992. The molecule has 2 rings (SSSR count). The Kier molecular flexibility index (Phi) is 2.90. The molecular formula is C11H15N3O. The van der Waals surface area contributed by atoms with Crippen LogP contribution in [0.1, 0.15) is 25.7 Å². The van der Waals surface area contributed by atoms with Crippen molar-refractivity contribution in [3.05, 3.63) is 0 Å². The summed E-state index contributed by atoms with van der Waals surface area (Å²) in [5.74, 6) is -0.655. The van der Waals surface area contributed by atoms with Gasteiger partial charge >= 0.3 is 0 Å². The van der Waals surface area contributed by atoms with Crippen molar-refractivity contribution in [3.8, 4) is 12.1 Å². The van der Waals surface area contributed by atoms with Gasteiger partial charge in [0.2, 0.25) is 0 Å². The van der Waals surface area contributed by atoms with Gasteiger partial charge in [-0.3, -0.25) is 4.90 Å². The van der Waals surface area contributed by atoms with Crippen molar-refractivity contribution in [2.24, 2.45) is 5.92 Å². The summed E-state index contributed by atoms with van der Waals surface area (Å²) >= 11 is 0. The van der Waals surface area contributed by atoms with Gasteiger partial charge in [0.15, 0.2) is 11.6 Å². The van der Waals surface area contributed by atoms with Crippen LogP contribution in [0.4, 0.5) is 0 Å². The molecule has 4 nitrogen and oxygen atoms in total. The molecular weight excluding hydrogens is 190 g/mol. The molecule has 80 valence electrons. The number of nitrogens with zero attached hydrogens (tertiary/aromatic N) is 3. The van der Waals surface area contributed by atoms with E-state index in [0.29, 0.717) is 6.61 Å². The zero-order valence-corrected chi connectivity index (χ0v) is 8.78. The lowest BCUT2D eigenvalue weighted by atomic mass is 9.92. The van der Waals surface area contributed by atoms with Gasteiger partial charge in [-0.25, -0.2) is 0 Å². The fourth-order valence-corrected chi connectivity index (χ4v) is 2.64. The molecule has 0 bridgehead atoms. The highest BCUT2D eigenvalue weighted by atomic mass is 16.5. The summed E-state index contributed by atoms with van der Waals surface area (Å²) in [6, 6.07) is 4.17. The predicted molar refractivity (Wildman–Crippen MR) is 53.4 cm³/mol. The van der Waals surface area contributed by atoms with Crippen LogP contribution < -0.4 is 0 Å². The average Bonchev–Trinajstić information content (AvgIpc) is 2.55. The Labute approximate surface area is 90.0 Å². The molecule has 0 N–H and O–H groups in total. The molecule has 0 aliphatic carbocycles. The number of fused-ring (bicyclic) bond motifs is 1. The minimum absolute atomic E-state index is 0.597. The third-order valence-electron chi connectivity index (χ3n) is 3.42. The van der Waals surface area contributed by atoms with Gasteiger partial charge in [-0.2, -0.15) is 10.5 Å². The summed E-state index contributed by atoms with van der Waals surface area (Å²) in [7, 11) is 0. The summed E-state index contributed by atoms with van der Waals surface area (Å²) in [6.07, 6.45) is 4.19. The van der Waals surface area contributed by atoms with Crippen LogP contribution in [-0.2, 0) is 4.74 Å². The van der Waals surface area contributed by atoms with Gasteiger partial charge in [-0.05, 0) is 19.3 Å². The summed E-state index contributed by atoms with van der Waals surface area (Å²) in [4.78, 5) is 2.19. The highest BCUT2D eigenvalue weighted by molar-refractivity contribution is 5.12. The largest absolute Gasteiger partial charge is 0.357 e. The second-order valence-electron chi connectivity index (χ2n) is 4.18. The van der Waals surface area contributed by atoms with E-state index in [4.69, 9.17) is 15.3 Å². The standard InChI is InChI=1S/C11H15N3O/c12-8-10(9-13)11-4-2-1-3-5-14(11)6-7-15-11/h10H,1-7H2. The molecule has 2 aliphatic heterocycles. The van der Waals surface area contributed by atoms with Crippen LogP contribution in [0.5, 0.6) is 0 Å². The second-order valence-corrected chi connectivity index (χ2v) is 4.18. The molecule has 0 aromatic carbocycles. The van der Waals surface area contributed by atoms with Crippen LogP contribution in [0.25, 0.3) is 0 Å². The molecule has 0 aromatic rings. The predicted octanol–water partition coefficient (Wildman–Crippen LogP) is 1.25. The molecule has 0 radical (unpaired) electrons. The van der Waals surface area contributed by atoms with E-state index in [1.807, 2.05) is 0 Å². The summed E-state index contributed by atoms with van der Waals surface area (Å²) in [6.45, 7) is 2.47. The molecule has 0 spiro atoms. The van der Waals surface area contributed by atoms with Gasteiger partial charge in [-0.1, -0.05) is 6.42 Å². The molecule has 1 atom stereocenters. The van der Waals surface area contributed by atoms with Gasteiger partial charge in [0.05, 0.1) is 18.7 Å². The first kappa shape index (κ1) is 10.4. The topological polar surface area (TPSA) is 60.0 Å². The maximum Gasteiger partial charge on any atom is 0.175 e. The van der Waals surface area contributed by atoms with Crippen LogP contribution in [0.3, 0.4) is 0 Å². The molecule has 1 unspecified atom stereocenters. The first-order chi connectivity index (χ1) is 7.33. The summed E-state index contributed by atoms with van der Waals surface area (Å²) < 4.78 is 5.75. The quantitative estimate of drug-likeness (QED) is 0.646. The van der Waals surface area contributed by atoms with Gasteiger partial charge in [0.1, 0.15) is 0 Å². The number of nitriles is 2. The maximum atomic E-state index is 9.03. The number of rotatable bonds is 1. The zero-order chi connectivity index (χ0) is 10.7. The zero-order valence-electron chi connectivity index (χ0n) is 8.78. The molecule has 2 saturated heterocycles. The third-order valence-corrected chi connectivity index (χ3v) is 3.42. The molecule has 15 heavy (non-hydrogen) atoms. The van der Waals surface area contributed by atoms with Crippen molar-refractivity contribution in [1.29, 1.82) is 10.5 Å². The van der Waals surface area contributed by atoms with E-state index in [9.17, 15) is 0 Å². The van der Waals surface area contributed by atoms with E-state index < -0.39 is 11.6 Å². The lowest BCUT2D eigenvalue weighted by Gasteiger charge is -2.36. The second kappa shape index (κ2) is 4.18. The molecule has 0 aromatic heterocycles. The molecule has 2 fully saturated rings. The fraction of sp³-hybridized carbons (Fsp3) is 0.818. The normalized spacial score (nSPS) is 31.7. The maximum absolute atomic E-state index is 9.03. The Balaban J connectivity index is 2.28. The van der Waals surface area contributed by atoms with Crippen molar-refractivity contribution in [2.45, 2.75) is 31.4 Å². The molecule has 4 heteroatoms. The SMILES string of the molecule is N#CC(C#N)C12CCCCCN1CCO2. The van der Waals surface area contributed by atoms with E-state index in [2.05, 4.69) is 17.0 Å². The summed E-state index contributed by atoms with van der Waals surface area (Å²) in [5, 5.41) is 18.1. The van der Waals surface area contributed by atoms with Gasteiger partial charge < -0.3 is 4.74 Å². The van der Waals surface area contributed by atoms with Crippen LogP contribution >= 0.6 is 0 Å². The average molecular weight is 205 g/mol. The summed E-state index contributed by atoms with van der Waals surface area (Å²) in [5.41, 5.74) is -0.597.